The average molecular weight is 242 g/mol. The molecule has 0 saturated heterocycles. The maximum Gasteiger partial charge on any atom is 0.417 e. The summed E-state index contributed by atoms with van der Waals surface area (Å²) in [5, 5.41) is 0. The monoisotopic (exact) mass is 242 g/mol. The van der Waals surface area contributed by atoms with E-state index in [4.69, 9.17) is 11.5 Å². The third kappa shape index (κ3) is 1.91. The summed E-state index contributed by atoms with van der Waals surface area (Å²) in [6.07, 6.45) is -1.96. The number of nitrogens with one attached hydrogen (secondary N) is 1. The first-order valence-electron chi connectivity index (χ1n) is 4.65. The van der Waals surface area contributed by atoms with Crippen LogP contribution in [0.25, 0.3) is 11.3 Å². The predicted octanol–water partition coefficient (Wildman–Crippen LogP) is 2.26. The molecule has 1 aromatic carbocycles. The quantitative estimate of drug-likeness (QED) is 0.671. The van der Waals surface area contributed by atoms with Gasteiger partial charge in [0.25, 0.3) is 0 Å². The van der Waals surface area contributed by atoms with Crippen molar-refractivity contribution in [2.45, 2.75) is 6.18 Å². The van der Waals surface area contributed by atoms with Crippen molar-refractivity contribution in [1.82, 2.24) is 9.97 Å². The summed E-state index contributed by atoms with van der Waals surface area (Å²) in [7, 11) is 0. The molecule has 90 valence electrons. The molecule has 4 nitrogen and oxygen atoms in total. The Morgan fingerprint density at radius 2 is 1.88 bits per heavy atom. The zero-order chi connectivity index (χ0) is 12.6. The first-order chi connectivity index (χ1) is 7.91. The number of benzene rings is 1. The molecule has 0 aliphatic carbocycles. The van der Waals surface area contributed by atoms with Gasteiger partial charge in [0, 0.05) is 5.56 Å². The fourth-order valence-corrected chi connectivity index (χ4v) is 1.55. The Hall–Kier alpha value is -2.18. The third-order valence-electron chi connectivity index (χ3n) is 2.35. The fourth-order valence-electron chi connectivity index (χ4n) is 1.55. The van der Waals surface area contributed by atoms with E-state index in [1.807, 2.05) is 0 Å². The highest BCUT2D eigenvalue weighted by Crippen LogP contribution is 2.41. The van der Waals surface area contributed by atoms with E-state index >= 15 is 0 Å². The van der Waals surface area contributed by atoms with E-state index in [2.05, 4.69) is 9.97 Å². The van der Waals surface area contributed by atoms with Crippen LogP contribution in [-0.2, 0) is 6.18 Å². The number of nitrogens with two attached hydrogens (primary N) is 2. The summed E-state index contributed by atoms with van der Waals surface area (Å²) in [6, 6.07) is 2.04. The van der Waals surface area contributed by atoms with Gasteiger partial charge in [-0.25, -0.2) is 4.98 Å². The number of anilines is 2. The molecule has 0 bridgehead atoms. The van der Waals surface area contributed by atoms with Gasteiger partial charge in [0.2, 0.25) is 0 Å². The van der Waals surface area contributed by atoms with Crippen LogP contribution < -0.4 is 11.5 Å². The number of imidazole rings is 1. The van der Waals surface area contributed by atoms with Crippen molar-refractivity contribution in [3.63, 3.8) is 0 Å². The molecule has 0 spiro atoms. The zero-order valence-electron chi connectivity index (χ0n) is 8.55. The minimum atomic E-state index is -4.50. The third-order valence-corrected chi connectivity index (χ3v) is 2.35. The highest BCUT2D eigenvalue weighted by Gasteiger charge is 2.35. The lowest BCUT2D eigenvalue weighted by molar-refractivity contribution is -0.137. The molecule has 5 N–H and O–H groups in total. The van der Waals surface area contributed by atoms with Gasteiger partial charge in [0.05, 0.1) is 35.2 Å². The van der Waals surface area contributed by atoms with Crippen LogP contribution >= 0.6 is 0 Å². The second-order valence-electron chi connectivity index (χ2n) is 3.45. The highest BCUT2D eigenvalue weighted by molar-refractivity contribution is 5.85. The summed E-state index contributed by atoms with van der Waals surface area (Å²) in [6.45, 7) is 0. The van der Waals surface area contributed by atoms with Crippen molar-refractivity contribution >= 4 is 11.4 Å². The summed E-state index contributed by atoms with van der Waals surface area (Å²) >= 11 is 0. The minimum absolute atomic E-state index is 0.0996. The lowest BCUT2D eigenvalue weighted by Crippen LogP contribution is -2.10. The van der Waals surface area contributed by atoms with E-state index in [9.17, 15) is 13.2 Å². The molecule has 2 aromatic rings. The molecule has 1 heterocycles. The molecule has 0 amide bonds. The van der Waals surface area contributed by atoms with Crippen LogP contribution in [0.3, 0.4) is 0 Å². The minimum Gasteiger partial charge on any atom is -0.397 e. The maximum atomic E-state index is 12.8. The van der Waals surface area contributed by atoms with Gasteiger partial charge in [-0.05, 0) is 12.1 Å². The van der Waals surface area contributed by atoms with Crippen molar-refractivity contribution < 1.29 is 13.2 Å². The number of rotatable bonds is 1. The van der Waals surface area contributed by atoms with E-state index in [1.54, 1.807) is 0 Å². The van der Waals surface area contributed by atoms with Crippen molar-refractivity contribution in [2.75, 3.05) is 11.5 Å². The second kappa shape index (κ2) is 3.69. The molecule has 0 aliphatic rings. The number of H-pyrrole nitrogens is 1. The number of alkyl halides is 3. The maximum absolute atomic E-state index is 12.8. The molecule has 7 heteroatoms. The van der Waals surface area contributed by atoms with Crippen molar-refractivity contribution in [2.24, 2.45) is 0 Å². The summed E-state index contributed by atoms with van der Waals surface area (Å²) in [4.78, 5) is 6.26. The SMILES string of the molecule is Nc1ccc(C(F)(F)F)c(-c2cnc[nH]2)c1N. The molecule has 1 aromatic heterocycles. The number of hydrogen-bond acceptors (Lipinski definition) is 3. The van der Waals surface area contributed by atoms with Gasteiger partial charge in [-0.2, -0.15) is 13.2 Å². The number of aromatic nitrogens is 2. The second-order valence-corrected chi connectivity index (χ2v) is 3.45. The molecule has 0 saturated carbocycles. The molecule has 0 unspecified atom stereocenters. The van der Waals surface area contributed by atoms with Crippen LogP contribution in [0.5, 0.6) is 0 Å². The first-order valence-corrected chi connectivity index (χ1v) is 4.65. The molecular formula is C10H9F3N4. The van der Waals surface area contributed by atoms with Gasteiger partial charge in [-0.3, -0.25) is 0 Å². The van der Waals surface area contributed by atoms with Gasteiger partial charge in [0.15, 0.2) is 0 Å². The van der Waals surface area contributed by atoms with Gasteiger partial charge in [-0.15, -0.1) is 0 Å². The summed E-state index contributed by atoms with van der Waals surface area (Å²) < 4.78 is 38.5. The van der Waals surface area contributed by atoms with Gasteiger partial charge >= 0.3 is 6.18 Å². The molecule has 17 heavy (non-hydrogen) atoms. The average Bonchev–Trinajstić information content (AvgIpc) is 2.73. The van der Waals surface area contributed by atoms with Crippen molar-refractivity contribution in [1.29, 1.82) is 0 Å². The highest BCUT2D eigenvalue weighted by atomic mass is 19.4. The number of aromatic amines is 1. The fraction of sp³-hybridized carbons (Fsp3) is 0.100. The van der Waals surface area contributed by atoms with Crippen LogP contribution in [0.2, 0.25) is 0 Å². The first kappa shape index (κ1) is 11.3. The normalized spacial score (nSPS) is 11.7. The van der Waals surface area contributed by atoms with Crippen LogP contribution in [0.15, 0.2) is 24.7 Å². The summed E-state index contributed by atoms with van der Waals surface area (Å²) in [5.41, 5.74) is 10.3. The Bertz CT molecular complexity index is 531. The molecule has 0 aliphatic heterocycles. The summed E-state index contributed by atoms with van der Waals surface area (Å²) in [5.74, 6) is 0. The van der Waals surface area contributed by atoms with E-state index in [1.165, 1.54) is 12.5 Å². The van der Waals surface area contributed by atoms with Gasteiger partial charge < -0.3 is 16.5 Å². The Kier molecular flexibility index (Phi) is 2.45. The van der Waals surface area contributed by atoms with E-state index in [0.717, 1.165) is 12.1 Å². The Morgan fingerprint density at radius 3 is 2.41 bits per heavy atom. The molecular weight excluding hydrogens is 233 g/mol. The molecule has 0 fully saturated rings. The number of halogens is 3. The van der Waals surface area contributed by atoms with Crippen LogP contribution in [0, 0.1) is 0 Å². The Labute approximate surface area is 94.5 Å². The van der Waals surface area contributed by atoms with Crippen LogP contribution in [0.1, 0.15) is 5.56 Å². The van der Waals surface area contributed by atoms with Crippen LogP contribution in [0.4, 0.5) is 24.5 Å². The van der Waals surface area contributed by atoms with E-state index in [0.29, 0.717) is 0 Å². The lowest BCUT2D eigenvalue weighted by Gasteiger charge is -2.15. The number of nitrogen functional groups attached to an aromatic ring is 2. The molecule has 2 rings (SSSR count). The topological polar surface area (TPSA) is 80.7 Å². The van der Waals surface area contributed by atoms with Crippen molar-refractivity contribution in [3.8, 4) is 11.3 Å². The zero-order valence-corrected chi connectivity index (χ0v) is 8.55. The molecule has 0 atom stereocenters. The standard InChI is InChI=1S/C10H9F3N4/c11-10(12,13)5-1-2-6(14)9(15)8(5)7-3-16-4-17-7/h1-4H,14-15H2,(H,16,17). The van der Waals surface area contributed by atoms with Crippen molar-refractivity contribution in [3.05, 3.63) is 30.2 Å². The molecule has 0 radical (unpaired) electrons. The smallest absolute Gasteiger partial charge is 0.397 e. The largest absolute Gasteiger partial charge is 0.417 e. The van der Waals surface area contributed by atoms with E-state index < -0.39 is 11.7 Å². The van der Waals surface area contributed by atoms with Gasteiger partial charge in [-0.1, -0.05) is 0 Å². The van der Waals surface area contributed by atoms with Gasteiger partial charge in [0.1, 0.15) is 0 Å². The predicted molar refractivity (Wildman–Crippen MR) is 57.9 cm³/mol. The number of hydrogen-bond donors (Lipinski definition) is 3. The lowest BCUT2D eigenvalue weighted by atomic mass is 10.0. The van der Waals surface area contributed by atoms with Crippen LogP contribution in [-0.4, -0.2) is 9.97 Å². The number of nitrogens with zero attached hydrogens (tertiary/aromatic N) is 1. The van der Waals surface area contributed by atoms with E-state index in [-0.39, 0.29) is 22.6 Å². The Morgan fingerprint density at radius 1 is 1.18 bits per heavy atom. The Balaban J connectivity index is 2.74.